The van der Waals surface area contributed by atoms with Gasteiger partial charge in [-0.25, -0.2) is 4.68 Å². The highest BCUT2D eigenvalue weighted by molar-refractivity contribution is 6.39. The number of nitrogens with zero attached hydrogens (tertiary/aromatic N) is 2. The second-order valence-electron chi connectivity index (χ2n) is 3.50. The molecule has 0 aliphatic heterocycles. The van der Waals surface area contributed by atoms with Crippen LogP contribution in [0.1, 0.15) is 0 Å². The molecule has 0 aliphatic rings. The second kappa shape index (κ2) is 4.96. The molecule has 0 saturated carbocycles. The smallest absolute Gasteiger partial charge is 0.122 e. The minimum Gasteiger partial charge on any atom is -0.394 e. The van der Waals surface area contributed by atoms with E-state index in [-0.39, 0.29) is 6.61 Å². The fourth-order valence-corrected chi connectivity index (χ4v) is 2.16. The van der Waals surface area contributed by atoms with Crippen LogP contribution >= 0.6 is 23.2 Å². The average molecular weight is 272 g/mol. The summed E-state index contributed by atoms with van der Waals surface area (Å²) in [6.07, 6.45) is 0. The summed E-state index contributed by atoms with van der Waals surface area (Å²) in [6.45, 7) is 0.315. The van der Waals surface area contributed by atoms with Gasteiger partial charge in [-0.2, -0.15) is 5.10 Å². The zero-order valence-corrected chi connectivity index (χ0v) is 10.4. The third-order valence-corrected chi connectivity index (χ3v) is 2.97. The number of halogens is 2. The molecule has 90 valence electrons. The van der Waals surface area contributed by atoms with Gasteiger partial charge in [-0.1, -0.05) is 29.3 Å². The van der Waals surface area contributed by atoms with Gasteiger partial charge in [-0.3, -0.25) is 0 Å². The topological polar surface area (TPSA) is 64.1 Å². The van der Waals surface area contributed by atoms with Gasteiger partial charge >= 0.3 is 0 Å². The third-order valence-electron chi connectivity index (χ3n) is 2.34. The van der Waals surface area contributed by atoms with Crippen molar-refractivity contribution in [1.82, 2.24) is 9.78 Å². The predicted octanol–water partition coefficient (Wildman–Crippen LogP) is 2.43. The Morgan fingerprint density at radius 2 is 1.94 bits per heavy atom. The average Bonchev–Trinajstić information content (AvgIpc) is 2.60. The van der Waals surface area contributed by atoms with Crippen molar-refractivity contribution in [2.75, 3.05) is 12.3 Å². The lowest BCUT2D eigenvalue weighted by atomic mass is 10.1. The summed E-state index contributed by atoms with van der Waals surface area (Å²) in [7, 11) is 0. The van der Waals surface area contributed by atoms with Crippen LogP contribution in [0.15, 0.2) is 24.3 Å². The lowest BCUT2D eigenvalue weighted by Gasteiger charge is -2.03. The van der Waals surface area contributed by atoms with Crippen molar-refractivity contribution in [2.24, 2.45) is 0 Å². The fraction of sp³-hybridized carbons (Fsp3) is 0.182. The summed E-state index contributed by atoms with van der Waals surface area (Å²) in [5, 5.41) is 14.2. The number of hydrogen-bond acceptors (Lipinski definition) is 3. The lowest BCUT2D eigenvalue weighted by molar-refractivity contribution is 0.270. The molecule has 0 unspecified atom stereocenters. The molecule has 3 N–H and O–H groups in total. The maximum Gasteiger partial charge on any atom is 0.122 e. The van der Waals surface area contributed by atoms with Gasteiger partial charge in [0.1, 0.15) is 5.82 Å². The molecule has 0 atom stereocenters. The van der Waals surface area contributed by atoms with Crippen LogP contribution in [-0.2, 0) is 6.54 Å². The van der Waals surface area contributed by atoms with Crippen molar-refractivity contribution in [1.29, 1.82) is 0 Å². The minimum absolute atomic E-state index is 0.0262. The Bertz CT molecular complexity index is 519. The molecule has 0 spiro atoms. The number of nitrogens with two attached hydrogens (primary N) is 1. The Balaban J connectivity index is 2.50. The molecule has 17 heavy (non-hydrogen) atoms. The number of rotatable bonds is 3. The van der Waals surface area contributed by atoms with Gasteiger partial charge in [0.2, 0.25) is 0 Å². The Kier molecular flexibility index (Phi) is 3.57. The van der Waals surface area contributed by atoms with Crippen molar-refractivity contribution in [3.63, 3.8) is 0 Å². The fourth-order valence-electron chi connectivity index (χ4n) is 1.57. The van der Waals surface area contributed by atoms with Crippen LogP contribution in [0.3, 0.4) is 0 Å². The van der Waals surface area contributed by atoms with Crippen molar-refractivity contribution >= 4 is 29.0 Å². The van der Waals surface area contributed by atoms with Crippen molar-refractivity contribution in [3.8, 4) is 11.3 Å². The van der Waals surface area contributed by atoms with Crippen LogP contribution in [0.25, 0.3) is 11.3 Å². The number of aliphatic hydroxyl groups excluding tert-OH is 1. The Morgan fingerprint density at radius 3 is 2.53 bits per heavy atom. The Labute approximate surface area is 109 Å². The maximum atomic E-state index is 8.86. The quantitative estimate of drug-likeness (QED) is 0.901. The first-order valence-electron chi connectivity index (χ1n) is 5.02. The van der Waals surface area contributed by atoms with E-state index in [0.29, 0.717) is 33.7 Å². The maximum absolute atomic E-state index is 8.86. The molecule has 0 radical (unpaired) electrons. The highest BCUT2D eigenvalue weighted by Crippen LogP contribution is 2.34. The van der Waals surface area contributed by atoms with E-state index in [2.05, 4.69) is 5.10 Å². The largest absolute Gasteiger partial charge is 0.394 e. The summed E-state index contributed by atoms with van der Waals surface area (Å²) in [5.41, 5.74) is 7.02. The lowest BCUT2D eigenvalue weighted by Crippen LogP contribution is -2.07. The van der Waals surface area contributed by atoms with Crippen LogP contribution in [0.4, 0.5) is 5.82 Å². The van der Waals surface area contributed by atoms with Gasteiger partial charge < -0.3 is 10.8 Å². The molecule has 0 bridgehead atoms. The van der Waals surface area contributed by atoms with E-state index in [0.717, 1.165) is 0 Å². The zero-order valence-electron chi connectivity index (χ0n) is 8.90. The molecule has 6 heteroatoms. The van der Waals surface area contributed by atoms with Crippen LogP contribution < -0.4 is 5.73 Å². The molecule has 2 aromatic rings. The molecule has 2 rings (SSSR count). The van der Waals surface area contributed by atoms with Gasteiger partial charge in [-0.15, -0.1) is 0 Å². The number of nitrogen functional groups attached to an aromatic ring is 1. The van der Waals surface area contributed by atoms with Gasteiger partial charge in [0.25, 0.3) is 0 Å². The van der Waals surface area contributed by atoms with E-state index in [4.69, 9.17) is 34.0 Å². The van der Waals surface area contributed by atoms with E-state index < -0.39 is 0 Å². The van der Waals surface area contributed by atoms with E-state index in [1.165, 1.54) is 4.68 Å². The molecular weight excluding hydrogens is 261 g/mol. The van der Waals surface area contributed by atoms with E-state index >= 15 is 0 Å². The monoisotopic (exact) mass is 271 g/mol. The van der Waals surface area contributed by atoms with Gasteiger partial charge in [0.15, 0.2) is 0 Å². The summed E-state index contributed by atoms with van der Waals surface area (Å²) in [6, 6.07) is 6.93. The highest BCUT2D eigenvalue weighted by atomic mass is 35.5. The zero-order chi connectivity index (χ0) is 12.4. The van der Waals surface area contributed by atoms with E-state index in [1.54, 1.807) is 24.3 Å². The first-order chi connectivity index (χ1) is 8.13. The van der Waals surface area contributed by atoms with E-state index in [9.17, 15) is 0 Å². The van der Waals surface area contributed by atoms with Gasteiger partial charge in [0.05, 0.1) is 28.9 Å². The first kappa shape index (κ1) is 12.2. The molecule has 1 aromatic heterocycles. The number of aromatic nitrogens is 2. The van der Waals surface area contributed by atoms with Gasteiger partial charge in [0, 0.05) is 11.6 Å². The molecule has 0 amide bonds. The molecule has 1 heterocycles. The standard InChI is InChI=1S/C11H11Cl2N3O/c12-7-2-1-3-8(13)11(7)9-6-10(14)16(15-9)4-5-17/h1-3,6,17H,4-5,14H2. The second-order valence-corrected chi connectivity index (χ2v) is 4.31. The first-order valence-corrected chi connectivity index (χ1v) is 5.77. The number of aliphatic hydroxyl groups is 1. The third kappa shape index (κ3) is 2.39. The molecule has 1 aromatic carbocycles. The summed E-state index contributed by atoms with van der Waals surface area (Å²) < 4.78 is 1.51. The molecule has 0 fully saturated rings. The Hall–Kier alpha value is -1.23. The molecular formula is C11H11Cl2N3O. The normalized spacial score (nSPS) is 10.8. The molecule has 0 saturated heterocycles. The van der Waals surface area contributed by atoms with Crippen molar-refractivity contribution in [2.45, 2.75) is 6.54 Å². The van der Waals surface area contributed by atoms with Crippen LogP contribution in [-0.4, -0.2) is 21.5 Å². The van der Waals surface area contributed by atoms with Crippen molar-refractivity contribution < 1.29 is 5.11 Å². The SMILES string of the molecule is Nc1cc(-c2c(Cl)cccc2Cl)nn1CCO. The minimum atomic E-state index is -0.0262. The van der Waals surface area contributed by atoms with Gasteiger partial charge in [-0.05, 0) is 12.1 Å². The summed E-state index contributed by atoms with van der Waals surface area (Å²) >= 11 is 12.2. The molecule has 4 nitrogen and oxygen atoms in total. The van der Waals surface area contributed by atoms with Crippen LogP contribution in [0, 0.1) is 0 Å². The predicted molar refractivity (Wildman–Crippen MR) is 69.2 cm³/mol. The van der Waals surface area contributed by atoms with Crippen LogP contribution in [0.2, 0.25) is 10.0 Å². The number of benzene rings is 1. The molecule has 0 aliphatic carbocycles. The highest BCUT2D eigenvalue weighted by Gasteiger charge is 2.13. The van der Waals surface area contributed by atoms with Crippen LogP contribution in [0.5, 0.6) is 0 Å². The van der Waals surface area contributed by atoms with E-state index in [1.807, 2.05) is 0 Å². The Morgan fingerprint density at radius 1 is 1.29 bits per heavy atom. The number of hydrogen-bond donors (Lipinski definition) is 2. The summed E-state index contributed by atoms with van der Waals surface area (Å²) in [4.78, 5) is 0. The van der Waals surface area contributed by atoms with Crippen molar-refractivity contribution in [3.05, 3.63) is 34.3 Å². The summed E-state index contributed by atoms with van der Waals surface area (Å²) in [5.74, 6) is 0.463. The number of anilines is 1.